The molecule has 0 fully saturated rings. The third-order valence-corrected chi connectivity index (χ3v) is 3.35. The summed E-state index contributed by atoms with van der Waals surface area (Å²) in [6, 6.07) is 7.94. The summed E-state index contributed by atoms with van der Waals surface area (Å²) >= 11 is 1.57. The van der Waals surface area contributed by atoms with Crippen LogP contribution in [-0.4, -0.2) is 12.4 Å². The van der Waals surface area contributed by atoms with Crippen LogP contribution >= 0.6 is 11.8 Å². The second kappa shape index (κ2) is 5.81. The number of benzene rings is 1. The van der Waals surface area contributed by atoms with Crippen LogP contribution in [0.5, 0.6) is 5.75 Å². The molecule has 0 aliphatic carbocycles. The number of rotatable bonds is 4. The summed E-state index contributed by atoms with van der Waals surface area (Å²) in [5.74, 6) is 1.13. The smallest absolute Gasteiger partial charge is 0.138 e. The van der Waals surface area contributed by atoms with Gasteiger partial charge in [0.25, 0.3) is 0 Å². The zero-order valence-electron chi connectivity index (χ0n) is 10.2. The van der Waals surface area contributed by atoms with Crippen LogP contribution < -0.4 is 4.74 Å². The van der Waals surface area contributed by atoms with E-state index >= 15 is 0 Å². The van der Waals surface area contributed by atoms with Crippen LogP contribution in [0.1, 0.15) is 26.3 Å². The zero-order chi connectivity index (χ0) is 12.1. The molecule has 86 valence electrons. The van der Waals surface area contributed by atoms with Crippen LogP contribution in [0.4, 0.5) is 0 Å². The molecule has 0 aliphatic rings. The lowest BCUT2D eigenvalue weighted by atomic mass is 10.1. The predicted molar refractivity (Wildman–Crippen MR) is 67.9 cm³/mol. The summed E-state index contributed by atoms with van der Waals surface area (Å²) in [5.41, 5.74) is 0.641. The van der Waals surface area contributed by atoms with E-state index in [0.717, 1.165) is 4.90 Å². The molecule has 0 saturated carbocycles. The summed E-state index contributed by atoms with van der Waals surface area (Å²) in [7, 11) is 0. The minimum absolute atomic E-state index is 0.115. The summed E-state index contributed by atoms with van der Waals surface area (Å²) in [6.07, 6.45) is 2.08. The van der Waals surface area contributed by atoms with E-state index in [9.17, 15) is 0 Å². The molecule has 2 nitrogen and oxygen atoms in total. The van der Waals surface area contributed by atoms with Crippen molar-refractivity contribution in [2.75, 3.05) is 6.26 Å². The number of nitrogens with zero attached hydrogens (tertiary/aromatic N) is 1. The normalized spacial score (nSPS) is 12.2. The Morgan fingerprint density at radius 1 is 1.31 bits per heavy atom. The van der Waals surface area contributed by atoms with Crippen LogP contribution in [0.2, 0.25) is 0 Å². The van der Waals surface area contributed by atoms with Gasteiger partial charge in [-0.15, -0.1) is 11.8 Å². The molecule has 0 N–H and O–H groups in total. The summed E-state index contributed by atoms with van der Waals surface area (Å²) in [4.78, 5) is 0.968. The predicted octanol–water partition coefficient (Wildman–Crippen LogP) is 3.70. The lowest BCUT2D eigenvalue weighted by molar-refractivity contribution is 0.169. The van der Waals surface area contributed by atoms with Crippen LogP contribution in [0.3, 0.4) is 0 Å². The van der Waals surface area contributed by atoms with Crippen molar-refractivity contribution in [2.45, 2.75) is 31.8 Å². The Kier molecular flexibility index (Phi) is 4.70. The van der Waals surface area contributed by atoms with Gasteiger partial charge in [0.2, 0.25) is 0 Å². The molecule has 16 heavy (non-hydrogen) atoms. The van der Waals surface area contributed by atoms with Crippen molar-refractivity contribution < 1.29 is 4.74 Å². The maximum Gasteiger partial charge on any atom is 0.138 e. The molecular weight excluding hydrogens is 218 g/mol. The standard InChI is InChI=1S/C13H17NOS/c1-9(2)10(3)15-12-6-5-7-13(16-4)11(12)8-14/h5-7,9-10H,1-4H3. The second-order valence-electron chi connectivity index (χ2n) is 4.01. The molecule has 0 saturated heterocycles. The maximum atomic E-state index is 9.14. The van der Waals surface area contributed by atoms with Gasteiger partial charge in [0.1, 0.15) is 17.4 Å². The molecule has 1 aromatic carbocycles. The van der Waals surface area contributed by atoms with Crippen LogP contribution in [0.15, 0.2) is 23.1 Å². The Morgan fingerprint density at radius 3 is 2.50 bits per heavy atom. The molecule has 1 aromatic rings. The third kappa shape index (κ3) is 2.93. The minimum Gasteiger partial charge on any atom is -0.489 e. The lowest BCUT2D eigenvalue weighted by Crippen LogP contribution is -2.19. The molecule has 1 unspecified atom stereocenters. The van der Waals surface area contributed by atoms with Gasteiger partial charge in [0, 0.05) is 4.90 Å². The molecule has 0 heterocycles. The Balaban J connectivity index is 3.01. The molecule has 0 amide bonds. The molecule has 0 bridgehead atoms. The molecule has 0 radical (unpaired) electrons. The first-order chi connectivity index (χ1) is 7.60. The highest BCUT2D eigenvalue weighted by atomic mass is 32.2. The number of thioether (sulfide) groups is 1. The van der Waals surface area contributed by atoms with E-state index in [2.05, 4.69) is 19.9 Å². The number of ether oxygens (including phenoxy) is 1. The van der Waals surface area contributed by atoms with Crippen molar-refractivity contribution in [1.29, 1.82) is 5.26 Å². The zero-order valence-corrected chi connectivity index (χ0v) is 11.0. The fourth-order valence-electron chi connectivity index (χ4n) is 1.23. The van der Waals surface area contributed by atoms with Gasteiger partial charge in [-0.25, -0.2) is 0 Å². The highest BCUT2D eigenvalue weighted by Crippen LogP contribution is 2.29. The third-order valence-electron chi connectivity index (χ3n) is 2.57. The molecule has 0 aliphatic heterocycles. The highest BCUT2D eigenvalue weighted by Gasteiger charge is 2.13. The maximum absolute atomic E-state index is 9.14. The van der Waals surface area contributed by atoms with Gasteiger partial charge >= 0.3 is 0 Å². The van der Waals surface area contributed by atoms with Crippen molar-refractivity contribution in [1.82, 2.24) is 0 Å². The van der Waals surface area contributed by atoms with Crippen molar-refractivity contribution >= 4 is 11.8 Å². The van der Waals surface area contributed by atoms with E-state index in [1.165, 1.54) is 0 Å². The molecule has 1 atom stereocenters. The number of hydrogen-bond donors (Lipinski definition) is 0. The molecule has 0 spiro atoms. The second-order valence-corrected chi connectivity index (χ2v) is 4.86. The van der Waals surface area contributed by atoms with Gasteiger partial charge in [0.15, 0.2) is 0 Å². The van der Waals surface area contributed by atoms with Gasteiger partial charge in [-0.05, 0) is 31.2 Å². The Morgan fingerprint density at radius 2 is 2.00 bits per heavy atom. The number of hydrogen-bond acceptors (Lipinski definition) is 3. The van der Waals surface area contributed by atoms with Gasteiger partial charge in [0.05, 0.1) is 6.10 Å². The number of nitriles is 1. The topological polar surface area (TPSA) is 33.0 Å². The summed E-state index contributed by atoms with van der Waals surface area (Å²) in [6.45, 7) is 6.24. The fourth-order valence-corrected chi connectivity index (χ4v) is 1.79. The van der Waals surface area contributed by atoms with E-state index < -0.39 is 0 Å². The van der Waals surface area contributed by atoms with Crippen molar-refractivity contribution in [3.63, 3.8) is 0 Å². The Bertz CT molecular complexity index is 395. The Labute approximate surface area is 102 Å². The highest BCUT2D eigenvalue weighted by molar-refractivity contribution is 7.98. The van der Waals surface area contributed by atoms with Gasteiger partial charge < -0.3 is 4.74 Å². The van der Waals surface area contributed by atoms with Crippen molar-refractivity contribution in [3.8, 4) is 11.8 Å². The average molecular weight is 235 g/mol. The van der Waals surface area contributed by atoms with E-state index in [1.54, 1.807) is 11.8 Å². The lowest BCUT2D eigenvalue weighted by Gasteiger charge is -2.19. The van der Waals surface area contributed by atoms with Gasteiger partial charge in [-0.2, -0.15) is 5.26 Å². The molecule has 3 heteroatoms. The van der Waals surface area contributed by atoms with E-state index in [4.69, 9.17) is 10.00 Å². The van der Waals surface area contributed by atoms with Crippen LogP contribution in [0, 0.1) is 17.2 Å². The van der Waals surface area contributed by atoms with E-state index in [-0.39, 0.29) is 6.10 Å². The molecule has 1 rings (SSSR count). The average Bonchev–Trinajstić information content (AvgIpc) is 2.28. The van der Waals surface area contributed by atoms with Crippen molar-refractivity contribution in [2.24, 2.45) is 5.92 Å². The SMILES string of the molecule is CSc1cccc(OC(C)C(C)C)c1C#N. The first kappa shape index (κ1) is 12.9. The minimum atomic E-state index is 0.115. The summed E-state index contributed by atoms with van der Waals surface area (Å²) < 4.78 is 5.80. The first-order valence-corrected chi connectivity index (χ1v) is 6.56. The van der Waals surface area contributed by atoms with Crippen molar-refractivity contribution in [3.05, 3.63) is 23.8 Å². The summed E-state index contributed by atoms with van der Waals surface area (Å²) in [5, 5.41) is 9.14. The van der Waals surface area contributed by atoms with Gasteiger partial charge in [-0.3, -0.25) is 0 Å². The van der Waals surface area contributed by atoms with Crippen LogP contribution in [-0.2, 0) is 0 Å². The largest absolute Gasteiger partial charge is 0.489 e. The molecular formula is C13H17NOS. The Hall–Kier alpha value is -1.14. The van der Waals surface area contributed by atoms with Crippen LogP contribution in [0.25, 0.3) is 0 Å². The quantitative estimate of drug-likeness (QED) is 0.746. The molecule has 0 aromatic heterocycles. The fraction of sp³-hybridized carbons (Fsp3) is 0.462. The van der Waals surface area contributed by atoms with Gasteiger partial charge in [-0.1, -0.05) is 19.9 Å². The van der Waals surface area contributed by atoms with E-state index in [0.29, 0.717) is 17.2 Å². The monoisotopic (exact) mass is 235 g/mol. The first-order valence-electron chi connectivity index (χ1n) is 5.34. The van der Waals surface area contributed by atoms with E-state index in [1.807, 2.05) is 31.4 Å².